The Balaban J connectivity index is 1.41. The molecule has 2 aromatic carbocycles. The van der Waals surface area contributed by atoms with Crippen LogP contribution in [0.3, 0.4) is 0 Å². The topological polar surface area (TPSA) is 88.5 Å². The van der Waals surface area contributed by atoms with Gasteiger partial charge < -0.3 is 19.9 Å². The van der Waals surface area contributed by atoms with Gasteiger partial charge in [0.25, 0.3) is 5.56 Å². The number of aryl methyl sites for hydroxylation is 1. The van der Waals surface area contributed by atoms with Crippen molar-refractivity contribution < 1.29 is 18.3 Å². The number of morpholine rings is 1. The van der Waals surface area contributed by atoms with Crippen molar-refractivity contribution in [2.45, 2.75) is 20.0 Å². The van der Waals surface area contributed by atoms with E-state index in [1.54, 1.807) is 12.1 Å². The van der Waals surface area contributed by atoms with Gasteiger partial charge >= 0.3 is 6.03 Å². The van der Waals surface area contributed by atoms with Crippen LogP contribution in [0.2, 0.25) is 10.2 Å². The Bertz CT molecular complexity index is 1660. The highest BCUT2D eigenvalue weighted by molar-refractivity contribution is 6.33. The molecule has 0 saturated carbocycles. The van der Waals surface area contributed by atoms with Crippen LogP contribution in [0.25, 0.3) is 22.0 Å². The molecule has 4 aromatic rings. The second-order valence-corrected chi connectivity index (χ2v) is 10.1. The van der Waals surface area contributed by atoms with E-state index >= 15 is 0 Å². The summed E-state index contributed by atoms with van der Waals surface area (Å²) in [6, 6.07) is 9.01. The van der Waals surface area contributed by atoms with Gasteiger partial charge in [-0.25, -0.2) is 18.6 Å². The first kappa shape index (κ1) is 28.0. The highest BCUT2D eigenvalue weighted by atomic mass is 35.5. The van der Waals surface area contributed by atoms with Gasteiger partial charge in [-0.2, -0.15) is 0 Å². The van der Waals surface area contributed by atoms with E-state index in [9.17, 15) is 18.4 Å². The Hall–Kier alpha value is -3.57. The maximum absolute atomic E-state index is 14.9. The average Bonchev–Trinajstić information content (AvgIpc) is 2.92. The lowest BCUT2D eigenvalue weighted by Crippen LogP contribution is -2.35. The Kier molecular flexibility index (Phi) is 8.32. The van der Waals surface area contributed by atoms with Crippen LogP contribution in [0.5, 0.6) is 0 Å². The third-order valence-corrected chi connectivity index (χ3v) is 7.18. The molecule has 0 spiro atoms. The van der Waals surface area contributed by atoms with Crippen LogP contribution in [-0.2, 0) is 17.8 Å². The molecule has 0 radical (unpaired) electrons. The molecule has 2 amide bonds. The Morgan fingerprint density at radius 2 is 1.80 bits per heavy atom. The number of carbonyl (C=O) groups is 1. The van der Waals surface area contributed by atoms with Gasteiger partial charge in [-0.3, -0.25) is 9.69 Å². The lowest BCUT2D eigenvalue weighted by atomic mass is 10.0. The number of ether oxygens (including phenoxy) is 1. The molecule has 0 bridgehead atoms. The Morgan fingerprint density at radius 3 is 2.55 bits per heavy atom. The molecule has 40 heavy (non-hydrogen) atoms. The summed E-state index contributed by atoms with van der Waals surface area (Å²) in [5.41, 5.74) is 1.24. The number of amides is 2. The van der Waals surface area contributed by atoms with Gasteiger partial charge in [0.1, 0.15) is 16.8 Å². The number of urea groups is 1. The van der Waals surface area contributed by atoms with Crippen molar-refractivity contribution in [2.75, 3.05) is 36.9 Å². The minimum Gasteiger partial charge on any atom is -0.379 e. The summed E-state index contributed by atoms with van der Waals surface area (Å²) in [5.74, 6) is -1.18. The summed E-state index contributed by atoms with van der Waals surface area (Å²) in [4.78, 5) is 32.3. The smallest absolute Gasteiger partial charge is 0.323 e. The fraction of sp³-hybridized carbons (Fsp3) is 0.250. The molecular weight excluding hydrogens is 563 g/mol. The number of fused-ring (bicyclic) bond motifs is 1. The number of anilines is 2. The van der Waals surface area contributed by atoms with Gasteiger partial charge in [-0.1, -0.05) is 23.2 Å². The van der Waals surface area contributed by atoms with Gasteiger partial charge in [-0.15, -0.1) is 0 Å². The van der Waals surface area contributed by atoms with Crippen LogP contribution in [0.15, 0.2) is 53.5 Å². The molecule has 12 heteroatoms. The average molecular weight is 588 g/mol. The first-order valence-electron chi connectivity index (χ1n) is 12.6. The number of rotatable bonds is 6. The number of carbonyl (C=O) groups excluding carboxylic acids is 1. The molecule has 0 atom stereocenters. The predicted octanol–water partition coefficient (Wildman–Crippen LogP) is 6.14. The van der Waals surface area contributed by atoms with Crippen molar-refractivity contribution >= 4 is 51.5 Å². The van der Waals surface area contributed by atoms with E-state index in [4.69, 9.17) is 27.9 Å². The molecule has 5 rings (SSSR count). The van der Waals surface area contributed by atoms with Crippen molar-refractivity contribution in [1.82, 2.24) is 14.5 Å². The number of hydrogen-bond donors (Lipinski definition) is 2. The molecule has 8 nitrogen and oxygen atoms in total. The minimum absolute atomic E-state index is 0.00391. The van der Waals surface area contributed by atoms with Crippen LogP contribution in [-0.4, -0.2) is 46.8 Å². The number of pyridine rings is 2. The molecular formula is C28H25Cl2F2N5O3. The van der Waals surface area contributed by atoms with E-state index in [1.165, 1.54) is 35.0 Å². The molecule has 2 aromatic heterocycles. The highest BCUT2D eigenvalue weighted by Crippen LogP contribution is 2.33. The maximum atomic E-state index is 14.9. The Labute approximate surface area is 238 Å². The number of aromatic nitrogens is 2. The SMILES string of the molecule is CCn1c(=O)c(-c2cc(NC(=O)Nc3ccc(F)c(CN4CCOCC4)c3)c(F)cc2Cl)cc2cnc(Cl)cc21. The predicted molar refractivity (Wildman–Crippen MR) is 152 cm³/mol. The van der Waals surface area contributed by atoms with Crippen LogP contribution in [0.1, 0.15) is 12.5 Å². The number of benzene rings is 2. The van der Waals surface area contributed by atoms with Gasteiger partial charge in [0, 0.05) is 60.1 Å². The Morgan fingerprint density at radius 1 is 1.02 bits per heavy atom. The quantitative estimate of drug-likeness (QED) is 0.264. The monoisotopic (exact) mass is 587 g/mol. The summed E-state index contributed by atoms with van der Waals surface area (Å²) >= 11 is 12.4. The largest absolute Gasteiger partial charge is 0.379 e. The van der Waals surface area contributed by atoms with Crippen molar-refractivity contribution in [1.29, 1.82) is 0 Å². The first-order valence-corrected chi connectivity index (χ1v) is 13.3. The van der Waals surface area contributed by atoms with Gasteiger partial charge in [0.2, 0.25) is 0 Å². The van der Waals surface area contributed by atoms with E-state index in [-0.39, 0.29) is 32.5 Å². The lowest BCUT2D eigenvalue weighted by molar-refractivity contribution is 0.0337. The molecule has 1 aliphatic heterocycles. The van der Waals surface area contributed by atoms with Crippen LogP contribution < -0.4 is 16.2 Å². The summed E-state index contributed by atoms with van der Waals surface area (Å²) in [6.45, 7) is 5.04. The third-order valence-electron chi connectivity index (χ3n) is 6.66. The van der Waals surface area contributed by atoms with Crippen molar-refractivity contribution in [3.05, 3.63) is 86.4 Å². The number of halogens is 4. The molecule has 0 aliphatic carbocycles. The van der Waals surface area contributed by atoms with Crippen molar-refractivity contribution in [2.24, 2.45) is 0 Å². The molecule has 0 unspecified atom stereocenters. The molecule has 1 saturated heterocycles. The summed E-state index contributed by atoms with van der Waals surface area (Å²) < 4.78 is 36.1. The zero-order valence-electron chi connectivity index (χ0n) is 21.4. The maximum Gasteiger partial charge on any atom is 0.323 e. The third kappa shape index (κ3) is 5.95. The minimum atomic E-state index is -0.791. The van der Waals surface area contributed by atoms with Crippen molar-refractivity contribution in [3.63, 3.8) is 0 Å². The molecule has 208 valence electrons. The first-order chi connectivity index (χ1) is 19.2. The van der Waals surface area contributed by atoms with Crippen LogP contribution >= 0.6 is 23.2 Å². The number of hydrogen-bond acceptors (Lipinski definition) is 5. The summed E-state index contributed by atoms with van der Waals surface area (Å²) in [7, 11) is 0. The number of nitrogens with zero attached hydrogens (tertiary/aromatic N) is 3. The fourth-order valence-corrected chi connectivity index (χ4v) is 5.07. The van der Waals surface area contributed by atoms with Gasteiger partial charge in [0.05, 0.1) is 29.4 Å². The van der Waals surface area contributed by atoms with Crippen LogP contribution in [0, 0.1) is 11.6 Å². The second kappa shape index (κ2) is 11.9. The molecule has 3 heterocycles. The standard InChI is InChI=1S/C28H25Cl2F2N5O3/c1-2-37-25-13-26(30)33-14-16(25)10-20(27(37)38)19-11-24(23(32)12-21(19)29)35-28(39)34-18-3-4-22(31)17(9-18)15-36-5-7-40-8-6-36/h3-4,9-14H,2,5-8,15H2,1H3,(H2,34,35,39). The fourth-order valence-electron chi connectivity index (χ4n) is 4.66. The lowest BCUT2D eigenvalue weighted by Gasteiger charge is -2.26. The number of nitrogens with one attached hydrogen (secondary N) is 2. The molecule has 1 aliphatic rings. The molecule has 2 N–H and O–H groups in total. The zero-order chi connectivity index (χ0) is 28.4. The van der Waals surface area contributed by atoms with Gasteiger partial charge in [0.15, 0.2) is 0 Å². The second-order valence-electron chi connectivity index (χ2n) is 9.26. The normalized spacial score (nSPS) is 13.9. The van der Waals surface area contributed by atoms with E-state index < -0.39 is 17.7 Å². The molecule has 1 fully saturated rings. The van der Waals surface area contributed by atoms with Crippen molar-refractivity contribution in [3.8, 4) is 11.1 Å². The van der Waals surface area contributed by atoms with Crippen LogP contribution in [0.4, 0.5) is 25.0 Å². The van der Waals surface area contributed by atoms with Gasteiger partial charge in [-0.05, 0) is 49.4 Å². The zero-order valence-corrected chi connectivity index (χ0v) is 23.0. The van der Waals surface area contributed by atoms with E-state index in [1.807, 2.05) is 6.92 Å². The van der Waals surface area contributed by atoms with E-state index in [2.05, 4.69) is 20.5 Å². The summed E-state index contributed by atoms with van der Waals surface area (Å²) in [5, 5.41) is 5.95. The highest BCUT2D eigenvalue weighted by Gasteiger charge is 2.19. The van der Waals surface area contributed by atoms with E-state index in [0.29, 0.717) is 61.5 Å². The van der Waals surface area contributed by atoms with E-state index in [0.717, 1.165) is 6.07 Å². The summed E-state index contributed by atoms with van der Waals surface area (Å²) in [6.07, 6.45) is 1.53.